The van der Waals surface area contributed by atoms with E-state index in [0.717, 1.165) is 49.1 Å². The first kappa shape index (κ1) is 15.1. The Morgan fingerprint density at radius 2 is 2.14 bits per heavy atom. The minimum absolute atomic E-state index is 0.0722. The van der Waals surface area contributed by atoms with Gasteiger partial charge in [-0.05, 0) is 31.8 Å². The average molecular weight is 303 g/mol. The molecule has 1 saturated carbocycles. The number of hydrogen-bond donors (Lipinski definition) is 2. The number of carbonyl (C=O) groups excluding carboxylic acids is 1. The second-order valence-electron chi connectivity index (χ2n) is 6.34. The highest BCUT2D eigenvalue weighted by atomic mass is 16.5. The second-order valence-corrected chi connectivity index (χ2v) is 6.34. The number of amides is 1. The van der Waals surface area contributed by atoms with Gasteiger partial charge in [-0.15, -0.1) is 0 Å². The van der Waals surface area contributed by atoms with E-state index in [1.165, 1.54) is 19.3 Å². The molecule has 0 unspecified atom stereocenters. The van der Waals surface area contributed by atoms with Crippen molar-refractivity contribution in [3.05, 3.63) is 23.6 Å². The Kier molecular flexibility index (Phi) is 4.80. The van der Waals surface area contributed by atoms with E-state index in [1.54, 1.807) is 7.11 Å². The molecule has 2 aliphatic carbocycles. The van der Waals surface area contributed by atoms with Crippen LogP contribution in [-0.4, -0.2) is 24.8 Å². The Bertz CT molecular complexity index is 516. The lowest BCUT2D eigenvalue weighted by atomic mass is 9.83. The first-order chi connectivity index (χ1) is 10.8. The van der Waals surface area contributed by atoms with Crippen LogP contribution >= 0.6 is 0 Å². The Labute approximate surface area is 131 Å². The highest BCUT2D eigenvalue weighted by Crippen LogP contribution is 2.29. The SMILES string of the molecule is COC1=CC[C@@H](N/C=C2\C(=O)NN=C2C2CCCCC2)CC1. The summed E-state index contributed by atoms with van der Waals surface area (Å²) in [4.78, 5) is 12.0. The van der Waals surface area contributed by atoms with Crippen LogP contribution in [0.5, 0.6) is 0 Å². The summed E-state index contributed by atoms with van der Waals surface area (Å²) in [6.07, 6.45) is 13.0. The number of allylic oxidation sites excluding steroid dienone is 1. The lowest BCUT2D eigenvalue weighted by molar-refractivity contribution is -0.116. The smallest absolute Gasteiger partial charge is 0.274 e. The molecule has 120 valence electrons. The number of ether oxygens (including phenoxy) is 1. The maximum atomic E-state index is 12.0. The fraction of sp³-hybridized carbons (Fsp3) is 0.647. The third-order valence-corrected chi connectivity index (χ3v) is 4.89. The Hall–Kier alpha value is -1.78. The largest absolute Gasteiger partial charge is 0.501 e. The van der Waals surface area contributed by atoms with Gasteiger partial charge < -0.3 is 10.1 Å². The highest BCUT2D eigenvalue weighted by molar-refractivity contribution is 6.25. The molecule has 0 bridgehead atoms. The van der Waals surface area contributed by atoms with Crippen molar-refractivity contribution < 1.29 is 9.53 Å². The van der Waals surface area contributed by atoms with Crippen molar-refractivity contribution in [1.82, 2.24) is 10.7 Å². The van der Waals surface area contributed by atoms with Gasteiger partial charge >= 0.3 is 0 Å². The number of nitrogens with zero attached hydrogens (tertiary/aromatic N) is 1. The maximum absolute atomic E-state index is 12.0. The molecule has 1 amide bonds. The van der Waals surface area contributed by atoms with Crippen molar-refractivity contribution in [2.24, 2.45) is 11.0 Å². The van der Waals surface area contributed by atoms with Gasteiger partial charge in [-0.1, -0.05) is 19.3 Å². The van der Waals surface area contributed by atoms with Crippen LogP contribution in [0.25, 0.3) is 0 Å². The number of hydrogen-bond acceptors (Lipinski definition) is 4. The van der Waals surface area contributed by atoms with E-state index in [9.17, 15) is 4.79 Å². The molecule has 0 radical (unpaired) electrons. The summed E-state index contributed by atoms with van der Waals surface area (Å²) >= 11 is 0. The zero-order valence-corrected chi connectivity index (χ0v) is 13.2. The molecule has 5 heteroatoms. The molecule has 2 N–H and O–H groups in total. The lowest BCUT2D eigenvalue weighted by Crippen LogP contribution is -2.29. The molecule has 1 atom stereocenters. The molecular weight excluding hydrogens is 278 g/mol. The number of nitrogens with one attached hydrogen (secondary N) is 2. The van der Waals surface area contributed by atoms with E-state index in [-0.39, 0.29) is 5.91 Å². The van der Waals surface area contributed by atoms with E-state index >= 15 is 0 Å². The maximum Gasteiger partial charge on any atom is 0.274 e. The molecule has 0 saturated heterocycles. The van der Waals surface area contributed by atoms with E-state index in [4.69, 9.17) is 4.74 Å². The third kappa shape index (κ3) is 3.34. The van der Waals surface area contributed by atoms with Crippen molar-refractivity contribution in [3.63, 3.8) is 0 Å². The van der Waals surface area contributed by atoms with Crippen molar-refractivity contribution in [1.29, 1.82) is 0 Å². The van der Waals surface area contributed by atoms with Crippen LogP contribution in [0, 0.1) is 5.92 Å². The summed E-state index contributed by atoms with van der Waals surface area (Å²) in [5, 5.41) is 7.69. The van der Waals surface area contributed by atoms with Crippen LogP contribution in [-0.2, 0) is 9.53 Å². The molecule has 0 aromatic carbocycles. The van der Waals surface area contributed by atoms with Crippen LogP contribution in [0.4, 0.5) is 0 Å². The monoisotopic (exact) mass is 303 g/mol. The second kappa shape index (κ2) is 6.99. The fourth-order valence-electron chi connectivity index (χ4n) is 3.52. The zero-order valence-electron chi connectivity index (χ0n) is 13.2. The molecule has 0 aromatic heterocycles. The number of rotatable bonds is 4. The van der Waals surface area contributed by atoms with E-state index in [0.29, 0.717) is 12.0 Å². The fourth-order valence-corrected chi connectivity index (χ4v) is 3.52. The summed E-state index contributed by atoms with van der Waals surface area (Å²) in [5.74, 6) is 1.43. The van der Waals surface area contributed by atoms with Gasteiger partial charge in [0.25, 0.3) is 5.91 Å². The molecule has 0 spiro atoms. The summed E-state index contributed by atoms with van der Waals surface area (Å²) < 4.78 is 5.27. The Morgan fingerprint density at radius 3 is 2.82 bits per heavy atom. The van der Waals surface area contributed by atoms with Crippen molar-refractivity contribution in [2.45, 2.75) is 57.4 Å². The lowest BCUT2D eigenvalue weighted by Gasteiger charge is -2.23. The first-order valence-corrected chi connectivity index (χ1v) is 8.35. The van der Waals surface area contributed by atoms with E-state index < -0.39 is 0 Å². The van der Waals surface area contributed by atoms with Gasteiger partial charge in [0.1, 0.15) is 0 Å². The van der Waals surface area contributed by atoms with Gasteiger partial charge in [-0.3, -0.25) is 4.79 Å². The van der Waals surface area contributed by atoms with Gasteiger partial charge in [0.05, 0.1) is 24.2 Å². The van der Waals surface area contributed by atoms with Gasteiger partial charge in [0.15, 0.2) is 0 Å². The quantitative estimate of drug-likeness (QED) is 0.785. The standard InChI is InChI=1S/C17H25N3O2/c1-22-14-9-7-13(8-10-14)18-11-15-16(19-20-17(15)21)12-5-3-2-4-6-12/h9,11-13,18H,2-8,10H2,1H3,(H,20,21)/b15-11-/t13-/m1/s1. The molecular formula is C17H25N3O2. The summed E-state index contributed by atoms with van der Waals surface area (Å²) in [5.41, 5.74) is 4.32. The van der Waals surface area contributed by atoms with Crippen molar-refractivity contribution in [3.8, 4) is 0 Å². The van der Waals surface area contributed by atoms with Gasteiger partial charge in [-0.25, -0.2) is 5.43 Å². The molecule has 5 nitrogen and oxygen atoms in total. The summed E-state index contributed by atoms with van der Waals surface area (Å²) in [7, 11) is 1.72. The van der Waals surface area contributed by atoms with Crippen LogP contribution in [0.3, 0.4) is 0 Å². The highest BCUT2D eigenvalue weighted by Gasteiger charge is 2.30. The van der Waals surface area contributed by atoms with Crippen LogP contribution in [0.2, 0.25) is 0 Å². The molecule has 1 fully saturated rings. The molecule has 0 aromatic rings. The number of hydrazone groups is 1. The molecule has 1 aliphatic heterocycles. The average Bonchev–Trinajstić information content (AvgIpc) is 2.95. The van der Waals surface area contributed by atoms with Gasteiger partial charge in [0, 0.05) is 24.6 Å². The normalized spacial score (nSPS) is 28.1. The summed E-state index contributed by atoms with van der Waals surface area (Å²) in [6.45, 7) is 0. The molecule has 3 rings (SSSR count). The minimum atomic E-state index is -0.0722. The topological polar surface area (TPSA) is 62.7 Å². The number of carbonyl (C=O) groups is 1. The third-order valence-electron chi connectivity index (χ3n) is 4.89. The molecule has 1 heterocycles. The molecule has 22 heavy (non-hydrogen) atoms. The summed E-state index contributed by atoms with van der Waals surface area (Å²) in [6, 6.07) is 0.368. The number of methoxy groups -OCH3 is 1. The Morgan fingerprint density at radius 1 is 1.32 bits per heavy atom. The van der Waals surface area contributed by atoms with Crippen LogP contribution < -0.4 is 10.7 Å². The predicted molar refractivity (Wildman–Crippen MR) is 86.1 cm³/mol. The van der Waals surface area contributed by atoms with Crippen molar-refractivity contribution in [2.75, 3.05) is 7.11 Å². The minimum Gasteiger partial charge on any atom is -0.501 e. The van der Waals surface area contributed by atoms with E-state index in [1.807, 2.05) is 6.20 Å². The predicted octanol–water partition coefficient (Wildman–Crippen LogP) is 2.61. The van der Waals surface area contributed by atoms with Crippen LogP contribution in [0.15, 0.2) is 28.7 Å². The Balaban J connectivity index is 1.63. The first-order valence-electron chi connectivity index (χ1n) is 8.35. The van der Waals surface area contributed by atoms with Crippen LogP contribution in [0.1, 0.15) is 51.4 Å². The zero-order chi connectivity index (χ0) is 15.4. The van der Waals surface area contributed by atoms with Gasteiger partial charge in [-0.2, -0.15) is 5.10 Å². The van der Waals surface area contributed by atoms with E-state index in [2.05, 4.69) is 21.9 Å². The van der Waals surface area contributed by atoms with Gasteiger partial charge in [0.2, 0.25) is 0 Å². The van der Waals surface area contributed by atoms with Crippen molar-refractivity contribution >= 4 is 11.6 Å². The molecule has 3 aliphatic rings.